The van der Waals surface area contributed by atoms with Gasteiger partial charge in [-0.25, -0.2) is 4.39 Å². The van der Waals surface area contributed by atoms with Crippen LogP contribution in [-0.4, -0.2) is 6.04 Å². The molecule has 88 valence electrons. The molecule has 0 heterocycles. The summed E-state index contributed by atoms with van der Waals surface area (Å²) in [7, 11) is 0. The summed E-state index contributed by atoms with van der Waals surface area (Å²) < 4.78 is 50.2. The van der Waals surface area contributed by atoms with Crippen molar-refractivity contribution in [1.29, 1.82) is 0 Å². The fourth-order valence-electron chi connectivity index (χ4n) is 1.12. The van der Waals surface area contributed by atoms with Crippen LogP contribution in [0.4, 0.5) is 23.2 Å². The van der Waals surface area contributed by atoms with Gasteiger partial charge in [0.15, 0.2) is 0 Å². The van der Waals surface area contributed by atoms with Crippen LogP contribution in [0.2, 0.25) is 0 Å². The van der Waals surface area contributed by atoms with Gasteiger partial charge in [0, 0.05) is 6.04 Å². The standard InChI is InChI=1S/C11H11F4N/c1-3-7(2)16-10-6-8(11(13,14)15)4-5-9(10)12/h3-7,16H,1H2,2H3. The van der Waals surface area contributed by atoms with Gasteiger partial charge in [-0.15, -0.1) is 6.58 Å². The molecule has 1 unspecified atom stereocenters. The van der Waals surface area contributed by atoms with Gasteiger partial charge in [0.25, 0.3) is 0 Å². The molecule has 1 nitrogen and oxygen atoms in total. The molecule has 1 N–H and O–H groups in total. The van der Waals surface area contributed by atoms with Crippen molar-refractivity contribution in [3.8, 4) is 0 Å². The zero-order valence-electron chi connectivity index (χ0n) is 8.61. The molecule has 0 amide bonds. The van der Waals surface area contributed by atoms with Crippen molar-refractivity contribution in [2.45, 2.75) is 19.1 Å². The van der Waals surface area contributed by atoms with E-state index in [-0.39, 0.29) is 11.7 Å². The molecule has 0 spiro atoms. The lowest BCUT2D eigenvalue weighted by Gasteiger charge is -2.14. The van der Waals surface area contributed by atoms with Crippen molar-refractivity contribution in [3.63, 3.8) is 0 Å². The van der Waals surface area contributed by atoms with Crippen LogP contribution in [-0.2, 0) is 6.18 Å². The van der Waals surface area contributed by atoms with Crippen LogP contribution in [0.15, 0.2) is 30.9 Å². The predicted molar refractivity (Wildman–Crippen MR) is 54.7 cm³/mol. The van der Waals surface area contributed by atoms with E-state index in [9.17, 15) is 17.6 Å². The monoisotopic (exact) mass is 233 g/mol. The molecule has 0 aliphatic rings. The third-order valence-corrected chi connectivity index (χ3v) is 2.03. The molecule has 0 aliphatic carbocycles. The Morgan fingerprint density at radius 2 is 2.00 bits per heavy atom. The van der Waals surface area contributed by atoms with E-state index >= 15 is 0 Å². The fraction of sp³-hybridized carbons (Fsp3) is 0.273. The van der Waals surface area contributed by atoms with E-state index in [2.05, 4.69) is 11.9 Å². The summed E-state index contributed by atoms with van der Waals surface area (Å²) in [5, 5.41) is 2.58. The van der Waals surface area contributed by atoms with E-state index in [1.807, 2.05) is 0 Å². The summed E-state index contributed by atoms with van der Waals surface area (Å²) in [5.41, 5.74) is -1.06. The van der Waals surface area contributed by atoms with Crippen molar-refractivity contribution >= 4 is 5.69 Å². The van der Waals surface area contributed by atoms with Crippen molar-refractivity contribution in [3.05, 3.63) is 42.2 Å². The Bertz CT molecular complexity index is 384. The molecule has 0 fully saturated rings. The molecular formula is C11H11F4N. The summed E-state index contributed by atoms with van der Waals surface area (Å²) in [6.07, 6.45) is -3.00. The van der Waals surface area contributed by atoms with E-state index in [1.54, 1.807) is 6.92 Å². The number of benzene rings is 1. The number of rotatable bonds is 3. The number of hydrogen-bond donors (Lipinski definition) is 1. The van der Waals surface area contributed by atoms with E-state index in [0.717, 1.165) is 12.1 Å². The summed E-state index contributed by atoms with van der Waals surface area (Å²) in [5.74, 6) is -0.721. The van der Waals surface area contributed by atoms with E-state index in [0.29, 0.717) is 6.07 Å². The van der Waals surface area contributed by atoms with E-state index < -0.39 is 17.6 Å². The lowest BCUT2D eigenvalue weighted by atomic mass is 10.1. The number of anilines is 1. The van der Waals surface area contributed by atoms with Crippen molar-refractivity contribution in [2.24, 2.45) is 0 Å². The Morgan fingerprint density at radius 3 is 2.50 bits per heavy atom. The van der Waals surface area contributed by atoms with Gasteiger partial charge in [-0.3, -0.25) is 0 Å². The molecule has 5 heteroatoms. The second kappa shape index (κ2) is 4.55. The maximum absolute atomic E-state index is 13.2. The topological polar surface area (TPSA) is 12.0 Å². The first kappa shape index (κ1) is 12.5. The quantitative estimate of drug-likeness (QED) is 0.618. The molecule has 0 saturated carbocycles. The smallest absolute Gasteiger partial charge is 0.377 e. The zero-order valence-corrected chi connectivity index (χ0v) is 8.61. The van der Waals surface area contributed by atoms with Gasteiger partial charge in [-0.2, -0.15) is 13.2 Å². The Labute approximate surface area is 90.8 Å². The normalized spacial score (nSPS) is 13.3. The fourth-order valence-corrected chi connectivity index (χ4v) is 1.12. The average Bonchev–Trinajstić information content (AvgIpc) is 2.19. The first-order chi connectivity index (χ1) is 7.34. The molecule has 0 aromatic heterocycles. The van der Waals surface area contributed by atoms with Gasteiger partial charge in [0.2, 0.25) is 0 Å². The van der Waals surface area contributed by atoms with Crippen LogP contribution in [0.5, 0.6) is 0 Å². The summed E-state index contributed by atoms with van der Waals surface area (Å²) in [6.45, 7) is 5.11. The largest absolute Gasteiger partial charge is 0.416 e. The number of nitrogens with one attached hydrogen (secondary N) is 1. The predicted octanol–water partition coefficient (Wildman–Crippen LogP) is 3.83. The third-order valence-electron chi connectivity index (χ3n) is 2.03. The maximum atomic E-state index is 13.2. The highest BCUT2D eigenvalue weighted by Gasteiger charge is 2.31. The first-order valence-electron chi connectivity index (χ1n) is 4.60. The number of alkyl halides is 3. The van der Waals surface area contributed by atoms with Crippen LogP contribution < -0.4 is 5.32 Å². The molecule has 0 aliphatic heterocycles. The highest BCUT2D eigenvalue weighted by Crippen LogP contribution is 2.31. The van der Waals surface area contributed by atoms with Gasteiger partial charge >= 0.3 is 6.18 Å². The maximum Gasteiger partial charge on any atom is 0.416 e. The molecule has 1 rings (SSSR count). The second-order valence-corrected chi connectivity index (χ2v) is 3.36. The average molecular weight is 233 g/mol. The molecule has 0 bridgehead atoms. The zero-order chi connectivity index (χ0) is 12.3. The van der Waals surface area contributed by atoms with Crippen LogP contribution in [0.3, 0.4) is 0 Å². The minimum Gasteiger partial charge on any atom is -0.377 e. The van der Waals surface area contributed by atoms with Crippen molar-refractivity contribution in [2.75, 3.05) is 5.32 Å². The third kappa shape index (κ3) is 2.98. The minimum atomic E-state index is -4.47. The Kier molecular flexibility index (Phi) is 3.57. The van der Waals surface area contributed by atoms with Crippen LogP contribution in [0.1, 0.15) is 12.5 Å². The molecule has 1 atom stereocenters. The summed E-state index contributed by atoms with van der Waals surface area (Å²) in [4.78, 5) is 0. The molecule has 1 aromatic carbocycles. The first-order valence-corrected chi connectivity index (χ1v) is 4.60. The second-order valence-electron chi connectivity index (χ2n) is 3.36. The molecule has 16 heavy (non-hydrogen) atoms. The van der Waals surface area contributed by atoms with Crippen LogP contribution in [0.25, 0.3) is 0 Å². The Balaban J connectivity index is 3.04. The minimum absolute atomic E-state index is 0.178. The van der Waals surface area contributed by atoms with Crippen molar-refractivity contribution < 1.29 is 17.6 Å². The highest BCUT2D eigenvalue weighted by atomic mass is 19.4. The van der Waals surface area contributed by atoms with E-state index in [4.69, 9.17) is 0 Å². The molecular weight excluding hydrogens is 222 g/mol. The summed E-state index contributed by atoms with van der Waals surface area (Å²) in [6, 6.07) is 1.94. The summed E-state index contributed by atoms with van der Waals surface area (Å²) >= 11 is 0. The highest BCUT2D eigenvalue weighted by molar-refractivity contribution is 5.49. The van der Waals surface area contributed by atoms with Crippen molar-refractivity contribution in [1.82, 2.24) is 0 Å². The Morgan fingerprint density at radius 1 is 1.38 bits per heavy atom. The Hall–Kier alpha value is -1.52. The van der Waals surface area contributed by atoms with Gasteiger partial charge in [0.1, 0.15) is 5.82 Å². The SMILES string of the molecule is C=CC(C)Nc1cc(C(F)(F)F)ccc1F. The van der Waals surface area contributed by atoms with Gasteiger partial charge < -0.3 is 5.32 Å². The molecule has 0 radical (unpaired) electrons. The van der Waals surface area contributed by atoms with Gasteiger partial charge in [-0.05, 0) is 25.1 Å². The lowest BCUT2D eigenvalue weighted by molar-refractivity contribution is -0.137. The van der Waals surface area contributed by atoms with Crippen LogP contribution >= 0.6 is 0 Å². The molecule has 1 aromatic rings. The number of halogens is 4. The van der Waals surface area contributed by atoms with Crippen LogP contribution in [0, 0.1) is 5.82 Å². The number of hydrogen-bond acceptors (Lipinski definition) is 1. The van der Waals surface area contributed by atoms with E-state index in [1.165, 1.54) is 6.08 Å². The van der Waals surface area contributed by atoms with Gasteiger partial charge in [0.05, 0.1) is 11.3 Å². The molecule has 0 saturated heterocycles. The van der Waals surface area contributed by atoms with Gasteiger partial charge in [-0.1, -0.05) is 6.08 Å². The lowest BCUT2D eigenvalue weighted by Crippen LogP contribution is -2.14.